The molecule has 0 saturated carbocycles. The zero-order chi connectivity index (χ0) is 9.14. The van der Waals surface area contributed by atoms with Gasteiger partial charge in [0.2, 0.25) is 0 Å². The van der Waals surface area contributed by atoms with E-state index in [1.54, 1.807) is 6.07 Å². The Kier molecular flexibility index (Phi) is 3.22. The fourth-order valence-corrected chi connectivity index (χ4v) is 1.13. The molecule has 1 heterocycles. The summed E-state index contributed by atoms with van der Waals surface area (Å²) in [5.41, 5.74) is 5.13. The van der Waals surface area contributed by atoms with E-state index in [1.165, 1.54) is 6.26 Å². The molecule has 0 aromatic carbocycles. The summed E-state index contributed by atoms with van der Waals surface area (Å²) in [5, 5.41) is 0. The lowest BCUT2D eigenvalue weighted by Crippen LogP contribution is -2.30. The molecule has 0 aliphatic rings. The molecule has 1 unspecified atom stereocenters. The van der Waals surface area contributed by atoms with Gasteiger partial charge in [-0.15, -0.1) is 0 Å². The van der Waals surface area contributed by atoms with E-state index in [2.05, 4.69) is 15.9 Å². The van der Waals surface area contributed by atoms with E-state index in [0.29, 0.717) is 5.76 Å². The molecule has 2 N–H and O–H groups in total. The molecule has 68 valence electrons. The molecule has 0 radical (unpaired) electrons. The molecule has 1 atom stereocenters. The number of nitrogens with two attached hydrogens (primary N) is 1. The molecule has 0 aliphatic carbocycles. The first kappa shape index (κ1) is 9.67. The molecule has 0 amide bonds. The number of alkyl halides is 2. The molecular formula is C7H8BrF2NO. The lowest BCUT2D eigenvalue weighted by Gasteiger charge is -2.06. The molecule has 0 spiro atoms. The first-order valence-corrected chi connectivity index (χ1v) is 4.15. The quantitative estimate of drug-likeness (QED) is 0.879. The average molecular weight is 240 g/mol. The topological polar surface area (TPSA) is 39.2 Å². The van der Waals surface area contributed by atoms with E-state index in [0.717, 1.165) is 4.47 Å². The van der Waals surface area contributed by atoms with Crippen LogP contribution in [0.5, 0.6) is 0 Å². The molecule has 5 heteroatoms. The van der Waals surface area contributed by atoms with Crippen LogP contribution in [0, 0.1) is 0 Å². The zero-order valence-electron chi connectivity index (χ0n) is 6.14. The van der Waals surface area contributed by atoms with E-state index < -0.39 is 12.5 Å². The van der Waals surface area contributed by atoms with Crippen LogP contribution < -0.4 is 5.73 Å². The Bertz CT molecular complexity index is 251. The third-order valence-corrected chi connectivity index (χ3v) is 1.80. The number of halogens is 3. The SMILES string of the molecule is NC(Cc1cc(Br)co1)C(F)F. The van der Waals surface area contributed by atoms with Gasteiger partial charge in [-0.05, 0) is 22.0 Å². The van der Waals surface area contributed by atoms with Crippen molar-refractivity contribution in [2.75, 3.05) is 0 Å². The molecule has 1 aromatic heterocycles. The Balaban J connectivity index is 2.52. The van der Waals surface area contributed by atoms with Crippen LogP contribution in [0.2, 0.25) is 0 Å². The maximum atomic E-state index is 11.9. The van der Waals surface area contributed by atoms with Gasteiger partial charge in [0.1, 0.15) is 12.0 Å². The minimum absolute atomic E-state index is 0.0588. The van der Waals surface area contributed by atoms with Gasteiger partial charge < -0.3 is 10.2 Å². The largest absolute Gasteiger partial charge is 0.468 e. The summed E-state index contributed by atoms with van der Waals surface area (Å²) in [7, 11) is 0. The maximum Gasteiger partial charge on any atom is 0.253 e. The predicted molar refractivity (Wildman–Crippen MR) is 44.1 cm³/mol. The van der Waals surface area contributed by atoms with Crippen molar-refractivity contribution in [2.45, 2.75) is 18.9 Å². The van der Waals surface area contributed by atoms with Crippen LogP contribution in [-0.4, -0.2) is 12.5 Å². The van der Waals surface area contributed by atoms with Crippen LogP contribution in [0.1, 0.15) is 5.76 Å². The monoisotopic (exact) mass is 239 g/mol. The zero-order valence-corrected chi connectivity index (χ0v) is 7.72. The second kappa shape index (κ2) is 4.00. The van der Waals surface area contributed by atoms with Gasteiger partial charge in [-0.3, -0.25) is 0 Å². The number of hydrogen-bond donors (Lipinski definition) is 1. The summed E-state index contributed by atoms with van der Waals surface area (Å²) in [5.74, 6) is 0.467. The van der Waals surface area contributed by atoms with E-state index in [4.69, 9.17) is 10.2 Å². The van der Waals surface area contributed by atoms with Crippen molar-refractivity contribution in [3.8, 4) is 0 Å². The van der Waals surface area contributed by atoms with Crippen LogP contribution in [0.4, 0.5) is 8.78 Å². The number of rotatable bonds is 3. The highest BCUT2D eigenvalue weighted by Crippen LogP contribution is 2.16. The summed E-state index contributed by atoms with van der Waals surface area (Å²) in [6.07, 6.45) is -1.01. The number of furan rings is 1. The van der Waals surface area contributed by atoms with Gasteiger partial charge in [0.05, 0.1) is 10.5 Å². The van der Waals surface area contributed by atoms with Gasteiger partial charge >= 0.3 is 0 Å². The molecule has 1 rings (SSSR count). The smallest absolute Gasteiger partial charge is 0.253 e. The fraction of sp³-hybridized carbons (Fsp3) is 0.429. The molecule has 0 aliphatic heterocycles. The third-order valence-electron chi connectivity index (χ3n) is 1.38. The molecule has 12 heavy (non-hydrogen) atoms. The van der Waals surface area contributed by atoms with E-state index in [9.17, 15) is 8.78 Å². The molecule has 2 nitrogen and oxygen atoms in total. The summed E-state index contributed by atoms with van der Waals surface area (Å²) >= 11 is 3.14. The van der Waals surface area contributed by atoms with E-state index in [-0.39, 0.29) is 6.42 Å². The minimum Gasteiger partial charge on any atom is -0.468 e. The summed E-state index contributed by atoms with van der Waals surface area (Å²) < 4.78 is 29.5. The summed E-state index contributed by atoms with van der Waals surface area (Å²) in [6, 6.07) is 0.477. The minimum atomic E-state index is -2.51. The Labute approximate surface area is 76.9 Å². The van der Waals surface area contributed by atoms with E-state index >= 15 is 0 Å². The Morgan fingerprint density at radius 3 is 2.67 bits per heavy atom. The maximum absolute atomic E-state index is 11.9. The molecular weight excluding hydrogens is 232 g/mol. The van der Waals surface area contributed by atoms with Gasteiger partial charge in [-0.2, -0.15) is 0 Å². The van der Waals surface area contributed by atoms with Gasteiger partial charge in [-0.1, -0.05) is 0 Å². The highest BCUT2D eigenvalue weighted by Gasteiger charge is 2.17. The van der Waals surface area contributed by atoms with Gasteiger partial charge in [-0.25, -0.2) is 8.78 Å². The first-order chi connectivity index (χ1) is 5.59. The Morgan fingerprint density at radius 2 is 2.25 bits per heavy atom. The Hall–Kier alpha value is -0.420. The van der Waals surface area contributed by atoms with Crippen LogP contribution in [0.25, 0.3) is 0 Å². The van der Waals surface area contributed by atoms with Crippen molar-refractivity contribution in [3.05, 3.63) is 22.6 Å². The highest BCUT2D eigenvalue weighted by molar-refractivity contribution is 9.10. The number of hydrogen-bond acceptors (Lipinski definition) is 2. The van der Waals surface area contributed by atoms with Crippen molar-refractivity contribution >= 4 is 15.9 Å². The average Bonchev–Trinajstić information content (AvgIpc) is 2.35. The lowest BCUT2D eigenvalue weighted by atomic mass is 10.2. The second-order valence-corrected chi connectivity index (χ2v) is 3.35. The standard InChI is InChI=1S/C7H8BrF2NO/c8-4-1-5(12-3-4)2-6(11)7(9)10/h1,3,6-7H,2,11H2. The molecule has 0 fully saturated rings. The highest BCUT2D eigenvalue weighted by atomic mass is 79.9. The first-order valence-electron chi connectivity index (χ1n) is 3.36. The van der Waals surface area contributed by atoms with Gasteiger partial charge in [0.25, 0.3) is 6.43 Å². The van der Waals surface area contributed by atoms with Crippen molar-refractivity contribution in [3.63, 3.8) is 0 Å². The fourth-order valence-electron chi connectivity index (χ4n) is 0.782. The molecule has 0 bridgehead atoms. The normalized spacial score (nSPS) is 13.8. The third kappa shape index (κ3) is 2.57. The van der Waals surface area contributed by atoms with Crippen molar-refractivity contribution in [1.29, 1.82) is 0 Å². The molecule has 1 aromatic rings. The van der Waals surface area contributed by atoms with Crippen LogP contribution in [0.15, 0.2) is 21.2 Å². The second-order valence-electron chi connectivity index (χ2n) is 2.43. The van der Waals surface area contributed by atoms with Gasteiger partial charge in [0.15, 0.2) is 0 Å². The van der Waals surface area contributed by atoms with Crippen LogP contribution in [0.3, 0.4) is 0 Å². The predicted octanol–water partition coefficient (Wildman–Crippen LogP) is 2.18. The van der Waals surface area contributed by atoms with Crippen molar-refractivity contribution in [2.24, 2.45) is 5.73 Å². The van der Waals surface area contributed by atoms with Gasteiger partial charge in [0, 0.05) is 6.42 Å². The van der Waals surface area contributed by atoms with Crippen molar-refractivity contribution < 1.29 is 13.2 Å². The van der Waals surface area contributed by atoms with Crippen LogP contribution in [-0.2, 0) is 6.42 Å². The lowest BCUT2D eigenvalue weighted by molar-refractivity contribution is 0.113. The van der Waals surface area contributed by atoms with Crippen molar-refractivity contribution in [1.82, 2.24) is 0 Å². The summed E-state index contributed by atoms with van der Waals surface area (Å²) in [4.78, 5) is 0. The molecule has 0 saturated heterocycles. The van der Waals surface area contributed by atoms with E-state index in [1.807, 2.05) is 0 Å². The Morgan fingerprint density at radius 1 is 1.58 bits per heavy atom. The van der Waals surface area contributed by atoms with Crippen LogP contribution >= 0.6 is 15.9 Å². The summed E-state index contributed by atoms with van der Waals surface area (Å²) in [6.45, 7) is 0.